The maximum Gasteiger partial charge on any atom is 0.257 e. The van der Waals surface area contributed by atoms with Gasteiger partial charge in [0.2, 0.25) is 0 Å². The molecule has 0 bridgehead atoms. The minimum absolute atomic E-state index is 0.0998. The second-order valence-electron chi connectivity index (χ2n) is 9.52. The van der Waals surface area contributed by atoms with E-state index in [0.29, 0.717) is 34.1 Å². The van der Waals surface area contributed by atoms with Crippen LogP contribution >= 0.6 is 11.3 Å². The minimum Gasteiger partial charge on any atom is -0.347 e. The largest absolute Gasteiger partial charge is 0.347 e. The Kier molecular flexibility index (Phi) is 6.26. The summed E-state index contributed by atoms with van der Waals surface area (Å²) in [5.74, 6) is 1.01. The molecule has 4 aromatic rings. The lowest BCUT2D eigenvalue weighted by atomic mass is 9.96. The van der Waals surface area contributed by atoms with Gasteiger partial charge in [-0.25, -0.2) is 4.98 Å². The molecule has 2 N–H and O–H groups in total. The molecule has 2 aromatic heterocycles. The highest BCUT2D eigenvalue weighted by molar-refractivity contribution is 7.86. The lowest BCUT2D eigenvalue weighted by Crippen LogP contribution is -2.50. The number of pyridine rings is 1. The summed E-state index contributed by atoms with van der Waals surface area (Å²) in [5.41, 5.74) is 3.70. The van der Waals surface area contributed by atoms with Crippen molar-refractivity contribution < 1.29 is 13.8 Å². The van der Waals surface area contributed by atoms with E-state index in [9.17, 15) is 13.8 Å². The van der Waals surface area contributed by atoms with E-state index in [-0.39, 0.29) is 23.9 Å². The van der Waals surface area contributed by atoms with Crippen molar-refractivity contribution in [3.05, 3.63) is 82.9 Å². The number of nitrogens with zero attached hydrogens (tertiary/aromatic N) is 2. The number of benzene rings is 2. The average Bonchev–Trinajstić information content (AvgIpc) is 3.32. The zero-order valence-electron chi connectivity index (χ0n) is 20.3. The molecular weight excluding hydrogens is 504 g/mol. The van der Waals surface area contributed by atoms with Gasteiger partial charge in [0.1, 0.15) is 0 Å². The Hall–Kier alpha value is -3.56. The van der Waals surface area contributed by atoms with E-state index < -0.39 is 10.8 Å². The molecule has 1 atom stereocenters. The van der Waals surface area contributed by atoms with Crippen LogP contribution < -0.4 is 15.5 Å². The normalized spacial score (nSPS) is 20.7. The minimum atomic E-state index is -0.861. The van der Waals surface area contributed by atoms with Gasteiger partial charge >= 0.3 is 0 Å². The van der Waals surface area contributed by atoms with E-state index in [2.05, 4.69) is 34.6 Å². The Balaban J connectivity index is 1.39. The Labute approximate surface area is 221 Å². The Morgan fingerprint density at radius 3 is 2.70 bits per heavy atom. The number of thiophene rings is 1. The molecule has 9 heteroatoms. The van der Waals surface area contributed by atoms with Crippen molar-refractivity contribution in [3.8, 4) is 0 Å². The van der Waals surface area contributed by atoms with Crippen LogP contribution in [0.25, 0.3) is 10.1 Å². The molecule has 4 heterocycles. The predicted octanol–water partition coefficient (Wildman–Crippen LogP) is 4.88. The lowest BCUT2D eigenvalue weighted by Gasteiger charge is -2.37. The number of fused-ring (bicyclic) bond motifs is 2. The highest BCUT2D eigenvalue weighted by atomic mass is 32.2. The van der Waals surface area contributed by atoms with Crippen molar-refractivity contribution in [2.45, 2.75) is 31.8 Å². The van der Waals surface area contributed by atoms with Gasteiger partial charge in [0.25, 0.3) is 11.8 Å². The first-order chi connectivity index (χ1) is 18.0. The third kappa shape index (κ3) is 4.53. The second-order valence-corrected chi connectivity index (χ2v) is 12.0. The molecule has 1 unspecified atom stereocenters. The van der Waals surface area contributed by atoms with Gasteiger partial charge in [0, 0.05) is 55.7 Å². The fourth-order valence-corrected chi connectivity index (χ4v) is 6.88. The summed E-state index contributed by atoms with van der Waals surface area (Å²) in [4.78, 5) is 33.4. The van der Waals surface area contributed by atoms with Crippen LogP contribution in [0.1, 0.15) is 39.6 Å². The highest BCUT2D eigenvalue weighted by Gasteiger charge is 2.30. The van der Waals surface area contributed by atoms with Gasteiger partial charge in [0.05, 0.1) is 22.9 Å². The van der Waals surface area contributed by atoms with Crippen LogP contribution in [0, 0.1) is 0 Å². The molecule has 2 aliphatic rings. The first-order valence-corrected chi connectivity index (χ1v) is 14.7. The number of hydrogen-bond acceptors (Lipinski definition) is 6. The molecule has 0 aliphatic carbocycles. The Morgan fingerprint density at radius 2 is 1.86 bits per heavy atom. The third-order valence-corrected chi connectivity index (χ3v) is 9.48. The maximum absolute atomic E-state index is 13.5. The summed E-state index contributed by atoms with van der Waals surface area (Å²) in [6.07, 6.45) is 3.47. The van der Waals surface area contributed by atoms with E-state index in [1.165, 1.54) is 16.9 Å². The van der Waals surface area contributed by atoms with Gasteiger partial charge in [-0.3, -0.25) is 13.8 Å². The first kappa shape index (κ1) is 23.8. The van der Waals surface area contributed by atoms with Crippen molar-refractivity contribution in [1.82, 2.24) is 10.3 Å². The monoisotopic (exact) mass is 530 g/mol. The number of rotatable bonds is 5. The number of carbonyl (C=O) groups is 2. The summed E-state index contributed by atoms with van der Waals surface area (Å²) < 4.78 is 12.5. The van der Waals surface area contributed by atoms with E-state index in [1.54, 1.807) is 12.3 Å². The van der Waals surface area contributed by atoms with E-state index >= 15 is 0 Å². The van der Waals surface area contributed by atoms with Crippen LogP contribution in [0.3, 0.4) is 0 Å². The van der Waals surface area contributed by atoms with Crippen LogP contribution in [0.2, 0.25) is 0 Å². The van der Waals surface area contributed by atoms with Gasteiger partial charge in [-0.15, -0.1) is 11.3 Å². The van der Waals surface area contributed by atoms with Crippen LogP contribution in [0.5, 0.6) is 0 Å². The lowest BCUT2D eigenvalue weighted by molar-refractivity contribution is 0.0940. The van der Waals surface area contributed by atoms with Gasteiger partial charge in [-0.1, -0.05) is 36.4 Å². The summed E-state index contributed by atoms with van der Waals surface area (Å²) in [6.45, 7) is 2.15. The Bertz CT molecular complexity index is 1540. The van der Waals surface area contributed by atoms with Crippen LogP contribution in [-0.2, 0) is 17.2 Å². The van der Waals surface area contributed by atoms with Crippen LogP contribution in [0.15, 0.2) is 66.2 Å². The molecule has 0 saturated carbocycles. The summed E-state index contributed by atoms with van der Waals surface area (Å²) in [7, 11) is -0.861. The number of para-hydroxylation sites is 1. The number of hydrogen-bond donors (Lipinski definition) is 2. The van der Waals surface area contributed by atoms with Crippen molar-refractivity contribution >= 4 is 61.2 Å². The molecule has 188 valence electrons. The summed E-state index contributed by atoms with van der Waals surface area (Å²) >= 11 is 1.52. The van der Waals surface area contributed by atoms with Gasteiger partial charge in [0.15, 0.2) is 5.82 Å². The molecule has 2 amide bonds. The SMILES string of the molecule is CC1CCc2ccccc2N1c1ncc(C(=O)NC2CS(=O)C2)cc1NC(=O)c1csc2ccccc12. The number of aromatic nitrogens is 1. The molecule has 37 heavy (non-hydrogen) atoms. The number of nitrogens with one attached hydrogen (secondary N) is 2. The first-order valence-electron chi connectivity index (χ1n) is 12.3. The quantitative estimate of drug-likeness (QED) is 0.384. The van der Waals surface area contributed by atoms with Crippen LogP contribution in [0.4, 0.5) is 17.2 Å². The molecule has 6 rings (SSSR count). The van der Waals surface area contributed by atoms with Crippen molar-refractivity contribution in [3.63, 3.8) is 0 Å². The van der Waals surface area contributed by atoms with Gasteiger partial charge < -0.3 is 15.5 Å². The van der Waals surface area contributed by atoms with Crippen molar-refractivity contribution in [1.29, 1.82) is 0 Å². The molecule has 0 spiro atoms. The molecule has 2 aromatic carbocycles. The predicted molar refractivity (Wildman–Crippen MR) is 150 cm³/mol. The standard InChI is InChI=1S/C28H26N4O3S2/c1-17-10-11-18-6-2-4-8-24(18)32(17)26-23(12-19(13-29-26)27(33)30-20-15-37(35)16-20)31-28(34)22-14-36-25-9-5-3-7-21(22)25/h2-9,12-14,17,20H,10-11,15-16H2,1H3,(H,30,33)(H,31,34). The smallest absolute Gasteiger partial charge is 0.257 e. The maximum atomic E-state index is 13.5. The second kappa shape index (κ2) is 9.72. The summed E-state index contributed by atoms with van der Waals surface area (Å²) in [6, 6.07) is 17.8. The molecule has 2 aliphatic heterocycles. The highest BCUT2D eigenvalue weighted by Crippen LogP contribution is 2.39. The zero-order chi connectivity index (χ0) is 25.5. The summed E-state index contributed by atoms with van der Waals surface area (Å²) in [5, 5.41) is 8.75. The molecule has 0 radical (unpaired) electrons. The number of carbonyl (C=O) groups excluding carboxylic acids is 2. The molecular formula is C28H26N4O3S2. The van der Waals surface area contributed by atoms with E-state index in [1.807, 2.05) is 41.8 Å². The fourth-order valence-electron chi connectivity index (χ4n) is 4.97. The number of amides is 2. The third-order valence-electron chi connectivity index (χ3n) is 6.96. The average molecular weight is 531 g/mol. The molecule has 1 fully saturated rings. The van der Waals surface area contributed by atoms with E-state index in [4.69, 9.17) is 4.98 Å². The molecule has 7 nitrogen and oxygen atoms in total. The van der Waals surface area contributed by atoms with Gasteiger partial charge in [-0.05, 0) is 43.5 Å². The Morgan fingerprint density at radius 1 is 1.08 bits per heavy atom. The van der Waals surface area contributed by atoms with Gasteiger partial charge in [-0.2, -0.15) is 0 Å². The molecule has 1 saturated heterocycles. The topological polar surface area (TPSA) is 91.4 Å². The number of aryl methyl sites for hydroxylation is 1. The van der Waals surface area contributed by atoms with Crippen LogP contribution in [-0.4, -0.2) is 44.6 Å². The fraction of sp³-hybridized carbons (Fsp3) is 0.250. The van der Waals surface area contributed by atoms with E-state index in [0.717, 1.165) is 28.6 Å². The van der Waals surface area contributed by atoms with Crippen molar-refractivity contribution in [2.24, 2.45) is 0 Å². The number of anilines is 3. The van der Waals surface area contributed by atoms with Crippen molar-refractivity contribution in [2.75, 3.05) is 21.7 Å². The zero-order valence-corrected chi connectivity index (χ0v) is 21.9.